The molecule has 0 saturated heterocycles. The molecular formula is C18H14BrCl2N5O2. The van der Waals surface area contributed by atoms with Crippen molar-refractivity contribution in [3.05, 3.63) is 68.4 Å². The Labute approximate surface area is 179 Å². The zero-order valence-corrected chi connectivity index (χ0v) is 17.6. The number of benzene rings is 2. The second-order valence-corrected chi connectivity index (χ2v) is 7.64. The molecule has 3 rings (SSSR count). The molecule has 2 aromatic carbocycles. The molecule has 1 aromatic heterocycles. The van der Waals surface area contributed by atoms with E-state index >= 15 is 0 Å². The van der Waals surface area contributed by atoms with Crippen molar-refractivity contribution in [2.24, 2.45) is 0 Å². The van der Waals surface area contributed by atoms with Crippen molar-refractivity contribution in [3.8, 4) is 0 Å². The SMILES string of the molecule is Cc1c(C(=O)Nc2cc(Cl)cc(Cl)c2)nnn1CC(=O)Nc1ccc(Br)cc1. The number of nitrogens with zero attached hydrogens (tertiary/aromatic N) is 3. The lowest BCUT2D eigenvalue weighted by Gasteiger charge is -2.07. The number of hydrogen-bond acceptors (Lipinski definition) is 4. The second-order valence-electron chi connectivity index (χ2n) is 5.85. The lowest BCUT2D eigenvalue weighted by Crippen LogP contribution is -2.21. The zero-order chi connectivity index (χ0) is 20.3. The van der Waals surface area contributed by atoms with E-state index in [4.69, 9.17) is 23.2 Å². The fourth-order valence-electron chi connectivity index (χ4n) is 2.41. The Morgan fingerprint density at radius 3 is 2.32 bits per heavy atom. The topological polar surface area (TPSA) is 88.9 Å². The van der Waals surface area contributed by atoms with Gasteiger partial charge < -0.3 is 10.6 Å². The fourth-order valence-corrected chi connectivity index (χ4v) is 3.20. The second kappa shape index (κ2) is 8.72. The van der Waals surface area contributed by atoms with Gasteiger partial charge in [-0.3, -0.25) is 9.59 Å². The minimum absolute atomic E-state index is 0.0782. The van der Waals surface area contributed by atoms with Gasteiger partial charge in [0.15, 0.2) is 5.69 Å². The molecule has 2 N–H and O–H groups in total. The van der Waals surface area contributed by atoms with Crippen LogP contribution in [0.3, 0.4) is 0 Å². The van der Waals surface area contributed by atoms with E-state index in [1.807, 2.05) is 12.1 Å². The van der Waals surface area contributed by atoms with Crippen molar-refractivity contribution in [2.75, 3.05) is 10.6 Å². The van der Waals surface area contributed by atoms with Crippen LogP contribution in [0.1, 0.15) is 16.2 Å². The number of carbonyl (C=O) groups excluding carboxylic acids is 2. The summed E-state index contributed by atoms with van der Waals surface area (Å²) in [6.45, 7) is 1.58. The number of carbonyl (C=O) groups is 2. The lowest BCUT2D eigenvalue weighted by molar-refractivity contribution is -0.117. The van der Waals surface area contributed by atoms with Gasteiger partial charge in [0.05, 0.1) is 5.69 Å². The molecule has 3 aromatic rings. The Balaban J connectivity index is 1.67. The summed E-state index contributed by atoms with van der Waals surface area (Å²) < 4.78 is 2.27. The molecule has 0 aliphatic carbocycles. The third kappa shape index (κ3) is 5.09. The van der Waals surface area contributed by atoms with E-state index in [9.17, 15) is 9.59 Å². The van der Waals surface area contributed by atoms with Gasteiger partial charge in [-0.25, -0.2) is 4.68 Å². The van der Waals surface area contributed by atoms with Crippen molar-refractivity contribution in [2.45, 2.75) is 13.5 Å². The maximum absolute atomic E-state index is 12.5. The van der Waals surface area contributed by atoms with Gasteiger partial charge in [0.25, 0.3) is 5.91 Å². The number of amides is 2. The lowest BCUT2D eigenvalue weighted by atomic mass is 10.2. The number of rotatable bonds is 5. The number of hydrogen-bond donors (Lipinski definition) is 2. The van der Waals surface area contributed by atoms with Crippen LogP contribution in [-0.4, -0.2) is 26.8 Å². The Hall–Kier alpha value is -2.42. The maximum atomic E-state index is 12.5. The van der Waals surface area contributed by atoms with Gasteiger partial charge in [-0.05, 0) is 49.4 Å². The highest BCUT2D eigenvalue weighted by Crippen LogP contribution is 2.23. The smallest absolute Gasteiger partial charge is 0.278 e. The van der Waals surface area contributed by atoms with Crippen molar-refractivity contribution in [3.63, 3.8) is 0 Å². The Morgan fingerprint density at radius 2 is 1.68 bits per heavy atom. The van der Waals surface area contributed by atoms with Gasteiger partial charge in [-0.2, -0.15) is 0 Å². The maximum Gasteiger partial charge on any atom is 0.278 e. The molecular weight excluding hydrogens is 469 g/mol. The molecule has 10 heteroatoms. The first-order chi connectivity index (χ1) is 13.3. The van der Waals surface area contributed by atoms with Crippen LogP contribution in [-0.2, 0) is 11.3 Å². The molecule has 0 fully saturated rings. The average Bonchev–Trinajstić information content (AvgIpc) is 2.96. The third-order valence-corrected chi connectivity index (χ3v) is 4.70. The van der Waals surface area contributed by atoms with Crippen molar-refractivity contribution >= 4 is 62.3 Å². The number of aromatic nitrogens is 3. The molecule has 0 unspecified atom stereocenters. The van der Waals surface area contributed by atoms with Crippen LogP contribution in [0.15, 0.2) is 46.9 Å². The fraction of sp³-hybridized carbons (Fsp3) is 0.111. The van der Waals surface area contributed by atoms with Crippen molar-refractivity contribution in [1.82, 2.24) is 15.0 Å². The van der Waals surface area contributed by atoms with Crippen LogP contribution < -0.4 is 10.6 Å². The van der Waals surface area contributed by atoms with Crippen LogP contribution in [0.2, 0.25) is 10.0 Å². The van der Waals surface area contributed by atoms with Crippen LogP contribution in [0.5, 0.6) is 0 Å². The predicted octanol–water partition coefficient (Wildman–Crippen LogP) is 4.55. The van der Waals surface area contributed by atoms with Gasteiger partial charge in [-0.15, -0.1) is 5.10 Å². The van der Waals surface area contributed by atoms with E-state index in [1.54, 1.807) is 37.3 Å². The van der Waals surface area contributed by atoms with Crippen LogP contribution in [0.4, 0.5) is 11.4 Å². The molecule has 0 atom stereocenters. The van der Waals surface area contributed by atoms with E-state index in [0.29, 0.717) is 27.1 Å². The molecule has 0 radical (unpaired) electrons. The molecule has 2 amide bonds. The van der Waals surface area contributed by atoms with E-state index in [2.05, 4.69) is 36.9 Å². The molecule has 1 heterocycles. The van der Waals surface area contributed by atoms with Crippen molar-refractivity contribution < 1.29 is 9.59 Å². The average molecular weight is 483 g/mol. The number of halogens is 3. The minimum atomic E-state index is -0.476. The van der Waals surface area contributed by atoms with Crippen LogP contribution in [0, 0.1) is 6.92 Å². The molecule has 28 heavy (non-hydrogen) atoms. The number of nitrogens with one attached hydrogen (secondary N) is 2. The molecule has 144 valence electrons. The van der Waals surface area contributed by atoms with Crippen LogP contribution >= 0.6 is 39.1 Å². The summed E-state index contributed by atoms with van der Waals surface area (Å²) in [7, 11) is 0. The van der Waals surface area contributed by atoms with Gasteiger partial charge in [0.1, 0.15) is 6.54 Å². The van der Waals surface area contributed by atoms with E-state index in [-0.39, 0.29) is 18.1 Å². The first-order valence-electron chi connectivity index (χ1n) is 8.05. The van der Waals surface area contributed by atoms with Crippen molar-refractivity contribution in [1.29, 1.82) is 0 Å². The summed E-state index contributed by atoms with van der Waals surface area (Å²) in [5.74, 6) is -0.765. The minimum Gasteiger partial charge on any atom is -0.324 e. The standard InChI is InChI=1S/C18H14BrCl2N5O2/c1-10-17(18(28)23-15-7-12(20)6-13(21)8-15)24-25-26(10)9-16(27)22-14-4-2-11(19)3-5-14/h2-8H,9H2,1H3,(H,22,27)(H,23,28). The predicted molar refractivity (Wildman–Crippen MR) is 112 cm³/mol. The monoisotopic (exact) mass is 481 g/mol. The zero-order valence-electron chi connectivity index (χ0n) is 14.5. The molecule has 0 aliphatic rings. The summed E-state index contributed by atoms with van der Waals surface area (Å²) in [5, 5.41) is 14.0. The highest BCUT2D eigenvalue weighted by molar-refractivity contribution is 9.10. The quantitative estimate of drug-likeness (QED) is 0.558. The summed E-state index contributed by atoms with van der Waals surface area (Å²) in [5.41, 5.74) is 1.65. The van der Waals surface area contributed by atoms with Gasteiger partial charge >= 0.3 is 0 Å². The molecule has 0 bridgehead atoms. The summed E-state index contributed by atoms with van der Waals surface area (Å²) >= 11 is 15.2. The van der Waals surface area contributed by atoms with E-state index < -0.39 is 5.91 Å². The van der Waals surface area contributed by atoms with Crippen LogP contribution in [0.25, 0.3) is 0 Å². The molecule has 0 aliphatic heterocycles. The Morgan fingerprint density at radius 1 is 1.04 bits per heavy atom. The molecule has 0 saturated carbocycles. The van der Waals surface area contributed by atoms with Gasteiger partial charge in [0, 0.05) is 25.9 Å². The summed E-state index contributed by atoms with van der Waals surface area (Å²) in [4.78, 5) is 24.7. The Kier molecular flexibility index (Phi) is 6.33. The molecule has 7 nitrogen and oxygen atoms in total. The third-order valence-electron chi connectivity index (χ3n) is 3.74. The van der Waals surface area contributed by atoms with E-state index in [1.165, 1.54) is 4.68 Å². The Bertz CT molecular complexity index is 1020. The first kappa shape index (κ1) is 20.3. The van der Waals surface area contributed by atoms with Gasteiger partial charge in [0.2, 0.25) is 5.91 Å². The summed E-state index contributed by atoms with van der Waals surface area (Å²) in [6, 6.07) is 11.9. The van der Waals surface area contributed by atoms with E-state index in [0.717, 1.165) is 4.47 Å². The highest BCUT2D eigenvalue weighted by atomic mass is 79.9. The largest absolute Gasteiger partial charge is 0.324 e. The highest BCUT2D eigenvalue weighted by Gasteiger charge is 2.18. The normalized spacial score (nSPS) is 10.6. The first-order valence-corrected chi connectivity index (χ1v) is 9.59. The molecule has 0 spiro atoms. The summed E-state index contributed by atoms with van der Waals surface area (Å²) in [6.07, 6.45) is 0. The number of anilines is 2. The van der Waals surface area contributed by atoms with Gasteiger partial charge in [-0.1, -0.05) is 44.3 Å².